The lowest BCUT2D eigenvalue weighted by Crippen LogP contribution is -2.15. The zero-order chi connectivity index (χ0) is 22.9. The number of halogens is 3. The van der Waals surface area contributed by atoms with E-state index in [2.05, 4.69) is 10.1 Å². The van der Waals surface area contributed by atoms with Crippen LogP contribution in [-0.2, 0) is 4.79 Å². The van der Waals surface area contributed by atoms with Crippen molar-refractivity contribution >= 4 is 58.4 Å². The molecule has 0 atom stereocenters. The summed E-state index contributed by atoms with van der Waals surface area (Å²) in [5.41, 5.74) is 4.29. The maximum absolute atomic E-state index is 12.0. The van der Waals surface area contributed by atoms with Crippen LogP contribution in [0.1, 0.15) is 0 Å². The van der Waals surface area contributed by atoms with E-state index >= 15 is 0 Å². The SMILES string of the molecule is O=CN(c1ccc(Cl)c(Cl)c1)c1cc(-c2c(-c3cccc(Cl)c3)nc3cccnn23)ccn1. The van der Waals surface area contributed by atoms with Gasteiger partial charge in [-0.15, -0.1) is 0 Å². The molecule has 5 aromatic rings. The largest absolute Gasteiger partial charge is 0.278 e. The molecular formula is C24H14Cl3N5O. The van der Waals surface area contributed by atoms with Crippen molar-refractivity contribution in [2.75, 3.05) is 4.90 Å². The average Bonchev–Trinajstić information content (AvgIpc) is 3.22. The van der Waals surface area contributed by atoms with Gasteiger partial charge in [-0.2, -0.15) is 5.10 Å². The Morgan fingerprint density at radius 2 is 1.73 bits per heavy atom. The third kappa shape index (κ3) is 4.04. The molecule has 3 aromatic heterocycles. The second kappa shape index (κ2) is 8.83. The normalized spacial score (nSPS) is 11.0. The van der Waals surface area contributed by atoms with E-state index in [1.807, 2.05) is 42.5 Å². The number of imidazole rings is 1. The summed E-state index contributed by atoms with van der Waals surface area (Å²) in [6.07, 6.45) is 3.99. The molecule has 0 aliphatic carbocycles. The van der Waals surface area contributed by atoms with Gasteiger partial charge in [-0.25, -0.2) is 14.5 Å². The maximum Gasteiger partial charge on any atom is 0.219 e. The molecular weight excluding hydrogens is 481 g/mol. The number of benzene rings is 2. The van der Waals surface area contributed by atoms with Crippen molar-refractivity contribution in [1.29, 1.82) is 0 Å². The first kappa shape index (κ1) is 21.4. The summed E-state index contributed by atoms with van der Waals surface area (Å²) in [5.74, 6) is 0.406. The van der Waals surface area contributed by atoms with Gasteiger partial charge in [-0.05, 0) is 54.6 Å². The first-order chi connectivity index (χ1) is 16.0. The van der Waals surface area contributed by atoms with E-state index < -0.39 is 0 Å². The average molecular weight is 495 g/mol. The molecule has 0 saturated carbocycles. The van der Waals surface area contributed by atoms with Gasteiger partial charge in [0.05, 0.1) is 21.4 Å². The summed E-state index contributed by atoms with van der Waals surface area (Å²) in [7, 11) is 0. The number of hydrogen-bond acceptors (Lipinski definition) is 4. The number of anilines is 2. The molecule has 5 rings (SSSR count). The van der Waals surface area contributed by atoms with E-state index in [9.17, 15) is 4.79 Å². The molecule has 0 aliphatic rings. The van der Waals surface area contributed by atoms with E-state index in [0.29, 0.717) is 44.3 Å². The zero-order valence-corrected chi connectivity index (χ0v) is 19.1. The fourth-order valence-electron chi connectivity index (χ4n) is 3.56. The zero-order valence-electron chi connectivity index (χ0n) is 16.9. The van der Waals surface area contributed by atoms with Gasteiger partial charge < -0.3 is 0 Å². The van der Waals surface area contributed by atoms with Crippen molar-refractivity contribution in [1.82, 2.24) is 19.6 Å². The monoisotopic (exact) mass is 493 g/mol. The van der Waals surface area contributed by atoms with Crippen molar-refractivity contribution in [3.63, 3.8) is 0 Å². The van der Waals surface area contributed by atoms with Crippen LogP contribution in [0.3, 0.4) is 0 Å². The summed E-state index contributed by atoms with van der Waals surface area (Å²) in [5, 5.41) is 5.83. The minimum atomic E-state index is 0.339. The van der Waals surface area contributed by atoms with Crippen LogP contribution in [0.25, 0.3) is 28.2 Å². The number of hydrogen-bond donors (Lipinski definition) is 0. The Labute approximate surface area is 204 Å². The van der Waals surface area contributed by atoms with E-state index in [1.165, 1.54) is 4.90 Å². The molecule has 6 nitrogen and oxygen atoms in total. The van der Waals surface area contributed by atoms with Gasteiger partial charge in [0.1, 0.15) is 11.5 Å². The predicted octanol–water partition coefficient (Wildman–Crippen LogP) is 6.71. The molecule has 162 valence electrons. The van der Waals surface area contributed by atoms with Gasteiger partial charge in [0.2, 0.25) is 6.41 Å². The van der Waals surface area contributed by atoms with Gasteiger partial charge in [0, 0.05) is 28.5 Å². The summed E-state index contributed by atoms with van der Waals surface area (Å²) in [4.78, 5) is 22.6. The quantitative estimate of drug-likeness (QED) is 0.255. The molecule has 0 aliphatic heterocycles. The van der Waals surface area contributed by atoms with Crippen LogP contribution >= 0.6 is 34.8 Å². The van der Waals surface area contributed by atoms with E-state index in [4.69, 9.17) is 39.8 Å². The summed E-state index contributed by atoms with van der Waals surface area (Å²) >= 11 is 18.4. The lowest BCUT2D eigenvalue weighted by Gasteiger charge is -2.18. The number of aromatic nitrogens is 4. The second-order valence-electron chi connectivity index (χ2n) is 7.09. The number of rotatable bonds is 5. The molecule has 0 bridgehead atoms. The molecule has 3 heterocycles. The van der Waals surface area contributed by atoms with Crippen LogP contribution in [0.2, 0.25) is 15.1 Å². The molecule has 33 heavy (non-hydrogen) atoms. The topological polar surface area (TPSA) is 63.4 Å². The summed E-state index contributed by atoms with van der Waals surface area (Å²) in [6.45, 7) is 0. The van der Waals surface area contributed by atoms with Crippen molar-refractivity contribution in [2.45, 2.75) is 0 Å². The van der Waals surface area contributed by atoms with E-state index in [1.54, 1.807) is 41.2 Å². The third-order valence-electron chi connectivity index (χ3n) is 5.04. The molecule has 0 fully saturated rings. The lowest BCUT2D eigenvalue weighted by molar-refractivity contribution is -0.106. The molecule has 2 aromatic carbocycles. The Morgan fingerprint density at radius 1 is 0.848 bits per heavy atom. The Balaban J connectivity index is 1.69. The molecule has 9 heteroatoms. The third-order valence-corrected chi connectivity index (χ3v) is 6.02. The van der Waals surface area contributed by atoms with Gasteiger partial charge in [0.15, 0.2) is 5.65 Å². The Bertz CT molecular complexity index is 1500. The van der Waals surface area contributed by atoms with Crippen LogP contribution in [0.4, 0.5) is 11.5 Å². The van der Waals surface area contributed by atoms with Crippen LogP contribution in [0.15, 0.2) is 79.1 Å². The number of pyridine rings is 1. The van der Waals surface area contributed by atoms with Gasteiger partial charge in [-0.3, -0.25) is 9.69 Å². The Morgan fingerprint density at radius 3 is 2.52 bits per heavy atom. The molecule has 1 amide bonds. The lowest BCUT2D eigenvalue weighted by atomic mass is 10.1. The molecule has 0 unspecified atom stereocenters. The summed E-state index contributed by atoms with van der Waals surface area (Å²) in [6, 6.07) is 19.7. The smallest absolute Gasteiger partial charge is 0.219 e. The first-order valence-corrected chi connectivity index (χ1v) is 10.9. The highest BCUT2D eigenvalue weighted by molar-refractivity contribution is 6.42. The van der Waals surface area contributed by atoms with Crippen LogP contribution in [-0.4, -0.2) is 26.0 Å². The maximum atomic E-state index is 12.0. The van der Waals surface area contributed by atoms with Crippen molar-refractivity contribution in [3.8, 4) is 22.5 Å². The van der Waals surface area contributed by atoms with Crippen molar-refractivity contribution in [2.24, 2.45) is 0 Å². The van der Waals surface area contributed by atoms with E-state index in [0.717, 1.165) is 16.8 Å². The van der Waals surface area contributed by atoms with Gasteiger partial charge in [0.25, 0.3) is 0 Å². The van der Waals surface area contributed by atoms with Gasteiger partial charge >= 0.3 is 0 Å². The molecule has 0 N–H and O–H groups in total. The number of carbonyl (C=O) groups is 1. The Hall–Kier alpha value is -3.45. The number of nitrogens with zero attached hydrogens (tertiary/aromatic N) is 5. The molecule has 0 radical (unpaired) electrons. The Kier molecular flexibility index (Phi) is 5.72. The first-order valence-electron chi connectivity index (χ1n) is 9.81. The van der Waals surface area contributed by atoms with Crippen LogP contribution < -0.4 is 4.90 Å². The van der Waals surface area contributed by atoms with Gasteiger partial charge in [-0.1, -0.05) is 46.9 Å². The van der Waals surface area contributed by atoms with Crippen LogP contribution in [0.5, 0.6) is 0 Å². The fraction of sp³-hybridized carbons (Fsp3) is 0. The fourth-order valence-corrected chi connectivity index (χ4v) is 4.05. The number of amides is 1. The molecule has 0 spiro atoms. The highest BCUT2D eigenvalue weighted by atomic mass is 35.5. The standard InChI is InChI=1S/C24H14Cl3N5O/c25-17-4-1-3-15(11-17)23-24(32-21(30-23)5-2-9-29-32)16-8-10-28-22(12-16)31(14-33)18-6-7-19(26)20(27)13-18/h1-14H. The number of fused-ring (bicyclic) bond motifs is 1. The van der Waals surface area contributed by atoms with Crippen molar-refractivity contribution < 1.29 is 4.79 Å². The summed E-state index contributed by atoms with van der Waals surface area (Å²) < 4.78 is 1.75. The minimum Gasteiger partial charge on any atom is -0.278 e. The minimum absolute atomic E-state index is 0.339. The van der Waals surface area contributed by atoms with Crippen molar-refractivity contribution in [3.05, 3.63) is 94.2 Å². The highest BCUT2D eigenvalue weighted by Gasteiger charge is 2.19. The highest BCUT2D eigenvalue weighted by Crippen LogP contribution is 2.36. The van der Waals surface area contributed by atoms with Crippen LogP contribution in [0, 0.1) is 0 Å². The number of carbonyl (C=O) groups excluding carboxylic acids is 1. The van der Waals surface area contributed by atoms with E-state index in [-0.39, 0.29) is 0 Å². The molecule has 0 saturated heterocycles. The second-order valence-corrected chi connectivity index (χ2v) is 8.34. The predicted molar refractivity (Wildman–Crippen MR) is 131 cm³/mol.